The Morgan fingerprint density at radius 2 is 2.24 bits per heavy atom. The smallest absolute Gasteiger partial charge is 0.203 e. The molecule has 0 aliphatic rings. The van der Waals surface area contributed by atoms with Crippen molar-refractivity contribution in [1.29, 1.82) is 0 Å². The fraction of sp³-hybridized carbons (Fsp3) is 0.333. The average Bonchev–Trinajstić information content (AvgIpc) is 2.94. The van der Waals surface area contributed by atoms with Crippen LogP contribution in [0.25, 0.3) is 0 Å². The van der Waals surface area contributed by atoms with E-state index in [4.69, 9.17) is 9.47 Å². The first kappa shape index (κ1) is 15.3. The lowest BCUT2D eigenvalue weighted by atomic mass is 10.2. The molecule has 1 N–H and O–H groups in total. The average molecular weight is 305 g/mol. The topological polar surface area (TPSA) is 55.7 Å². The molecule has 0 atom stereocenters. The predicted molar refractivity (Wildman–Crippen MR) is 86.7 cm³/mol. The van der Waals surface area contributed by atoms with E-state index in [9.17, 15) is 0 Å². The van der Waals surface area contributed by atoms with Crippen LogP contribution in [0, 0.1) is 0 Å². The molecule has 1 aromatic carbocycles. The van der Waals surface area contributed by atoms with Crippen LogP contribution in [0.15, 0.2) is 34.9 Å². The Labute approximate surface area is 128 Å². The van der Waals surface area contributed by atoms with Gasteiger partial charge >= 0.3 is 0 Å². The third-order valence-corrected chi connectivity index (χ3v) is 3.11. The predicted octanol–water partition coefficient (Wildman–Crippen LogP) is 3.78. The highest BCUT2D eigenvalue weighted by molar-refractivity contribution is 7.13. The minimum Gasteiger partial charge on any atom is -0.490 e. The van der Waals surface area contributed by atoms with Crippen LogP contribution in [-0.4, -0.2) is 23.9 Å². The van der Waals surface area contributed by atoms with E-state index in [1.807, 2.05) is 44.4 Å². The lowest BCUT2D eigenvalue weighted by Gasteiger charge is -2.14. The summed E-state index contributed by atoms with van der Waals surface area (Å²) in [5, 5.41) is 6.80. The number of aromatic nitrogens is 1. The summed E-state index contributed by atoms with van der Waals surface area (Å²) in [6.07, 6.45) is 3.56. The van der Waals surface area contributed by atoms with Crippen LogP contribution in [-0.2, 0) is 0 Å². The third kappa shape index (κ3) is 4.75. The SMILES string of the molecule is CCOc1cc(/C=N/Nc2nccs2)ccc1OC(C)C. The van der Waals surface area contributed by atoms with Gasteiger partial charge in [0.1, 0.15) is 0 Å². The van der Waals surface area contributed by atoms with Gasteiger partial charge in [-0.05, 0) is 44.5 Å². The summed E-state index contributed by atoms with van der Waals surface area (Å²) < 4.78 is 11.3. The quantitative estimate of drug-likeness (QED) is 0.625. The van der Waals surface area contributed by atoms with Crippen molar-refractivity contribution in [3.05, 3.63) is 35.3 Å². The highest BCUT2D eigenvalue weighted by atomic mass is 32.1. The Morgan fingerprint density at radius 1 is 1.38 bits per heavy atom. The lowest BCUT2D eigenvalue weighted by Crippen LogP contribution is -2.07. The molecule has 1 heterocycles. The van der Waals surface area contributed by atoms with Crippen molar-refractivity contribution < 1.29 is 9.47 Å². The van der Waals surface area contributed by atoms with Crippen molar-refractivity contribution in [2.24, 2.45) is 5.10 Å². The summed E-state index contributed by atoms with van der Waals surface area (Å²) in [5.41, 5.74) is 3.81. The van der Waals surface area contributed by atoms with E-state index in [1.165, 1.54) is 11.3 Å². The molecular formula is C15H19N3O2S. The molecule has 0 fully saturated rings. The zero-order valence-corrected chi connectivity index (χ0v) is 13.2. The summed E-state index contributed by atoms with van der Waals surface area (Å²) in [4.78, 5) is 4.09. The van der Waals surface area contributed by atoms with Crippen LogP contribution >= 0.6 is 11.3 Å². The van der Waals surface area contributed by atoms with Crippen molar-refractivity contribution in [3.8, 4) is 11.5 Å². The molecule has 2 aromatic rings. The van der Waals surface area contributed by atoms with Gasteiger partial charge in [0.15, 0.2) is 11.5 Å². The fourth-order valence-electron chi connectivity index (χ4n) is 1.67. The van der Waals surface area contributed by atoms with E-state index in [-0.39, 0.29) is 6.10 Å². The highest BCUT2D eigenvalue weighted by Crippen LogP contribution is 2.29. The largest absolute Gasteiger partial charge is 0.490 e. The molecule has 21 heavy (non-hydrogen) atoms. The molecule has 0 amide bonds. The number of hydrogen-bond acceptors (Lipinski definition) is 6. The first-order chi connectivity index (χ1) is 10.2. The molecule has 0 spiro atoms. The molecule has 0 aliphatic heterocycles. The Morgan fingerprint density at radius 3 is 2.90 bits per heavy atom. The number of benzene rings is 1. The minimum atomic E-state index is 0.107. The molecule has 0 radical (unpaired) electrons. The second-order valence-corrected chi connectivity index (χ2v) is 5.41. The Bertz CT molecular complexity index is 583. The molecule has 5 nitrogen and oxygen atoms in total. The van der Waals surface area contributed by atoms with Gasteiger partial charge in [-0.15, -0.1) is 11.3 Å². The van der Waals surface area contributed by atoms with Gasteiger partial charge in [-0.1, -0.05) is 0 Å². The van der Waals surface area contributed by atoms with Crippen molar-refractivity contribution in [3.63, 3.8) is 0 Å². The van der Waals surface area contributed by atoms with E-state index >= 15 is 0 Å². The maximum absolute atomic E-state index is 5.72. The van der Waals surface area contributed by atoms with E-state index in [1.54, 1.807) is 12.4 Å². The highest BCUT2D eigenvalue weighted by Gasteiger charge is 2.07. The van der Waals surface area contributed by atoms with Gasteiger partial charge in [0.25, 0.3) is 0 Å². The molecule has 1 aromatic heterocycles. The molecule has 0 saturated carbocycles. The van der Waals surface area contributed by atoms with Crippen LogP contribution in [0.3, 0.4) is 0 Å². The number of ether oxygens (including phenoxy) is 2. The van der Waals surface area contributed by atoms with E-state index in [0.717, 1.165) is 22.2 Å². The molecular weight excluding hydrogens is 286 g/mol. The second-order valence-electron chi connectivity index (χ2n) is 4.51. The molecule has 0 saturated heterocycles. The first-order valence-corrected chi connectivity index (χ1v) is 7.69. The summed E-state index contributed by atoms with van der Waals surface area (Å²) in [5.74, 6) is 1.47. The van der Waals surface area contributed by atoms with Crippen LogP contribution in [0.2, 0.25) is 0 Å². The number of nitrogens with zero attached hydrogens (tertiary/aromatic N) is 2. The maximum Gasteiger partial charge on any atom is 0.203 e. The van der Waals surface area contributed by atoms with Crippen LogP contribution in [0.1, 0.15) is 26.3 Å². The summed E-state index contributed by atoms with van der Waals surface area (Å²) >= 11 is 1.50. The van der Waals surface area contributed by atoms with E-state index in [0.29, 0.717) is 6.61 Å². The normalized spacial score (nSPS) is 11.0. The van der Waals surface area contributed by atoms with Gasteiger partial charge in [0.2, 0.25) is 5.13 Å². The molecule has 0 aliphatic carbocycles. The maximum atomic E-state index is 5.72. The van der Waals surface area contributed by atoms with E-state index < -0.39 is 0 Å². The van der Waals surface area contributed by atoms with Gasteiger partial charge in [0, 0.05) is 11.6 Å². The van der Waals surface area contributed by atoms with Crippen molar-refractivity contribution >= 4 is 22.7 Å². The van der Waals surface area contributed by atoms with Crippen LogP contribution in [0.4, 0.5) is 5.13 Å². The molecule has 0 bridgehead atoms. The molecule has 6 heteroatoms. The van der Waals surface area contributed by atoms with E-state index in [2.05, 4.69) is 15.5 Å². The van der Waals surface area contributed by atoms with Crippen molar-refractivity contribution in [1.82, 2.24) is 4.98 Å². The van der Waals surface area contributed by atoms with Crippen LogP contribution in [0.5, 0.6) is 11.5 Å². The molecule has 0 unspecified atom stereocenters. The third-order valence-electron chi connectivity index (χ3n) is 2.44. The lowest BCUT2D eigenvalue weighted by molar-refractivity contribution is 0.224. The standard InChI is InChI=1S/C15H19N3O2S/c1-4-19-14-9-12(5-6-13(14)20-11(2)3)10-17-18-15-16-7-8-21-15/h5-11H,4H2,1-3H3,(H,16,18)/b17-10+. The first-order valence-electron chi connectivity index (χ1n) is 6.81. The monoisotopic (exact) mass is 305 g/mol. The number of rotatable bonds is 7. The zero-order chi connectivity index (χ0) is 15.1. The molecule has 112 valence electrons. The Balaban J connectivity index is 2.09. The fourth-order valence-corrected chi connectivity index (χ4v) is 2.14. The number of hydrogen-bond donors (Lipinski definition) is 1. The number of thiazole rings is 1. The number of anilines is 1. The summed E-state index contributed by atoms with van der Waals surface area (Å²) in [7, 11) is 0. The zero-order valence-electron chi connectivity index (χ0n) is 12.4. The van der Waals surface area contributed by atoms with Gasteiger partial charge < -0.3 is 9.47 Å². The van der Waals surface area contributed by atoms with Gasteiger partial charge in [-0.3, -0.25) is 5.43 Å². The summed E-state index contributed by atoms with van der Waals surface area (Å²) in [6, 6.07) is 5.75. The van der Waals surface area contributed by atoms with Crippen molar-refractivity contribution in [2.45, 2.75) is 26.9 Å². The second kappa shape index (κ2) is 7.64. The van der Waals surface area contributed by atoms with Crippen LogP contribution < -0.4 is 14.9 Å². The van der Waals surface area contributed by atoms with Gasteiger partial charge in [-0.25, -0.2) is 4.98 Å². The number of hydrazone groups is 1. The molecule has 2 rings (SSSR count). The Hall–Kier alpha value is -2.08. The van der Waals surface area contributed by atoms with Crippen molar-refractivity contribution in [2.75, 3.05) is 12.0 Å². The number of nitrogens with one attached hydrogen (secondary N) is 1. The van der Waals surface area contributed by atoms with Gasteiger partial charge in [0.05, 0.1) is 18.9 Å². The minimum absolute atomic E-state index is 0.107. The Kier molecular flexibility index (Phi) is 5.57. The van der Waals surface area contributed by atoms with Gasteiger partial charge in [-0.2, -0.15) is 5.10 Å². The summed E-state index contributed by atoms with van der Waals surface area (Å²) in [6.45, 7) is 6.52.